The second-order valence-electron chi connectivity index (χ2n) is 5.05. The molecule has 0 aliphatic heterocycles. The van der Waals surface area contributed by atoms with Crippen LogP contribution in [-0.2, 0) is 0 Å². The minimum atomic E-state index is 0.164. The van der Waals surface area contributed by atoms with Gasteiger partial charge in [0.25, 0.3) is 0 Å². The Bertz CT molecular complexity index is 450. The smallest absolute Gasteiger partial charge is 0.137 e. The average Bonchev–Trinajstić information content (AvgIpc) is 2.40. The number of hydrogen-bond acceptors (Lipinski definition) is 3. The molecule has 2 rings (SSSR count). The van der Waals surface area contributed by atoms with E-state index in [1.807, 2.05) is 25.1 Å². The quantitative estimate of drug-likeness (QED) is 0.889. The van der Waals surface area contributed by atoms with Crippen LogP contribution in [0.2, 0.25) is 0 Å². The maximum Gasteiger partial charge on any atom is 0.137 e. The summed E-state index contributed by atoms with van der Waals surface area (Å²) in [5.41, 5.74) is 7.53. The summed E-state index contributed by atoms with van der Waals surface area (Å²) in [7, 11) is 0. The Morgan fingerprint density at radius 1 is 1.39 bits per heavy atom. The predicted molar refractivity (Wildman–Crippen MR) is 71.3 cm³/mol. The van der Waals surface area contributed by atoms with Crippen LogP contribution < -0.4 is 10.5 Å². The van der Waals surface area contributed by atoms with Gasteiger partial charge in [-0.25, -0.2) is 0 Å². The van der Waals surface area contributed by atoms with E-state index in [2.05, 4.69) is 6.07 Å². The first-order valence-electron chi connectivity index (χ1n) is 6.62. The fraction of sp³-hybridized carbons (Fsp3) is 0.533. The first-order chi connectivity index (χ1) is 8.74. The number of benzene rings is 1. The molecule has 1 fully saturated rings. The van der Waals surface area contributed by atoms with Gasteiger partial charge < -0.3 is 10.5 Å². The monoisotopic (exact) mass is 244 g/mol. The zero-order valence-electron chi connectivity index (χ0n) is 10.9. The molecule has 0 radical (unpaired) electrons. The van der Waals surface area contributed by atoms with Gasteiger partial charge in [-0.15, -0.1) is 0 Å². The normalized spacial score (nSPS) is 23.4. The molecule has 1 aromatic rings. The summed E-state index contributed by atoms with van der Waals surface area (Å²) >= 11 is 0. The second kappa shape index (κ2) is 5.88. The maximum atomic E-state index is 9.11. The molecule has 2 N–H and O–H groups in total. The van der Waals surface area contributed by atoms with E-state index in [1.54, 1.807) is 0 Å². The Hall–Kier alpha value is -1.53. The van der Waals surface area contributed by atoms with E-state index in [-0.39, 0.29) is 6.10 Å². The molecule has 0 saturated heterocycles. The third kappa shape index (κ3) is 2.83. The zero-order valence-corrected chi connectivity index (χ0v) is 10.9. The van der Waals surface area contributed by atoms with Crippen LogP contribution in [0.25, 0.3) is 0 Å². The van der Waals surface area contributed by atoms with Crippen LogP contribution in [0.3, 0.4) is 0 Å². The summed E-state index contributed by atoms with van der Waals surface area (Å²) in [6.45, 7) is 2.67. The van der Waals surface area contributed by atoms with Crippen molar-refractivity contribution in [3.05, 3.63) is 29.3 Å². The Kier molecular flexibility index (Phi) is 4.22. The van der Waals surface area contributed by atoms with Gasteiger partial charge in [-0.2, -0.15) is 5.26 Å². The predicted octanol–water partition coefficient (Wildman–Crippen LogP) is 2.76. The van der Waals surface area contributed by atoms with Crippen molar-refractivity contribution in [1.29, 1.82) is 5.26 Å². The number of hydrogen-bond donors (Lipinski definition) is 1. The van der Waals surface area contributed by atoms with Gasteiger partial charge in [-0.3, -0.25) is 0 Å². The molecule has 1 saturated carbocycles. The summed E-state index contributed by atoms with van der Waals surface area (Å²) in [6.07, 6.45) is 4.77. The summed E-state index contributed by atoms with van der Waals surface area (Å²) in [4.78, 5) is 0. The lowest BCUT2D eigenvalue weighted by Gasteiger charge is -2.31. The molecule has 1 aliphatic carbocycles. The van der Waals surface area contributed by atoms with Gasteiger partial charge in [0.2, 0.25) is 0 Å². The minimum absolute atomic E-state index is 0.164. The molecule has 0 amide bonds. The van der Waals surface area contributed by atoms with Gasteiger partial charge in [-0.05, 0) is 50.4 Å². The van der Waals surface area contributed by atoms with Gasteiger partial charge in [-0.1, -0.05) is 12.5 Å². The fourth-order valence-electron chi connectivity index (χ4n) is 2.58. The van der Waals surface area contributed by atoms with Crippen LogP contribution in [0, 0.1) is 24.2 Å². The summed E-state index contributed by atoms with van der Waals surface area (Å²) in [5, 5.41) is 9.11. The molecule has 0 bridgehead atoms. The van der Waals surface area contributed by atoms with E-state index in [4.69, 9.17) is 15.7 Å². The van der Waals surface area contributed by atoms with Crippen LogP contribution in [0.15, 0.2) is 18.2 Å². The van der Waals surface area contributed by atoms with E-state index in [0.717, 1.165) is 18.4 Å². The van der Waals surface area contributed by atoms with Gasteiger partial charge in [0.1, 0.15) is 17.9 Å². The Labute approximate surface area is 109 Å². The molecule has 18 heavy (non-hydrogen) atoms. The molecule has 96 valence electrons. The van der Waals surface area contributed by atoms with Crippen molar-refractivity contribution in [2.75, 3.05) is 6.54 Å². The highest BCUT2D eigenvalue weighted by Gasteiger charge is 2.26. The standard InChI is InChI=1S/C15H20N2O/c1-11-6-7-13(10-17)15(8-11)18-14-5-3-2-4-12(14)9-16/h6-8,12,14H,2-5,9,16H2,1H3. The van der Waals surface area contributed by atoms with Crippen LogP contribution in [-0.4, -0.2) is 12.6 Å². The number of rotatable bonds is 3. The lowest BCUT2D eigenvalue weighted by molar-refractivity contribution is 0.0966. The van der Waals surface area contributed by atoms with Crippen molar-refractivity contribution < 1.29 is 4.74 Å². The Balaban J connectivity index is 2.17. The number of nitrogens with two attached hydrogens (primary N) is 1. The molecule has 0 spiro atoms. The molecular weight excluding hydrogens is 224 g/mol. The van der Waals surface area contributed by atoms with E-state index >= 15 is 0 Å². The summed E-state index contributed by atoms with van der Waals surface area (Å²) in [6, 6.07) is 7.90. The topological polar surface area (TPSA) is 59.0 Å². The first-order valence-corrected chi connectivity index (χ1v) is 6.62. The van der Waals surface area contributed by atoms with Crippen LogP contribution in [0.5, 0.6) is 5.75 Å². The van der Waals surface area contributed by atoms with E-state index in [9.17, 15) is 0 Å². The molecule has 0 aromatic heterocycles. The highest BCUT2D eigenvalue weighted by molar-refractivity contribution is 5.45. The minimum Gasteiger partial charge on any atom is -0.489 e. The number of nitriles is 1. The lowest BCUT2D eigenvalue weighted by Crippen LogP contribution is -2.35. The molecule has 2 atom stereocenters. The van der Waals surface area contributed by atoms with Crippen LogP contribution >= 0.6 is 0 Å². The molecule has 1 aliphatic rings. The van der Waals surface area contributed by atoms with Crippen molar-refractivity contribution in [1.82, 2.24) is 0 Å². The SMILES string of the molecule is Cc1ccc(C#N)c(OC2CCCCC2CN)c1. The van der Waals surface area contributed by atoms with E-state index in [1.165, 1.54) is 12.8 Å². The van der Waals surface area contributed by atoms with E-state index < -0.39 is 0 Å². The van der Waals surface area contributed by atoms with Crippen LogP contribution in [0.4, 0.5) is 0 Å². The van der Waals surface area contributed by atoms with Gasteiger partial charge in [0, 0.05) is 5.92 Å². The number of nitrogens with zero attached hydrogens (tertiary/aromatic N) is 1. The van der Waals surface area contributed by atoms with Gasteiger partial charge >= 0.3 is 0 Å². The van der Waals surface area contributed by atoms with Gasteiger partial charge in [0.05, 0.1) is 5.56 Å². The van der Waals surface area contributed by atoms with Crippen molar-refractivity contribution in [2.45, 2.75) is 38.7 Å². The summed E-state index contributed by atoms with van der Waals surface area (Å²) < 4.78 is 6.06. The molecule has 3 heteroatoms. The number of ether oxygens (including phenoxy) is 1. The number of aryl methyl sites for hydroxylation is 1. The second-order valence-corrected chi connectivity index (χ2v) is 5.05. The lowest BCUT2D eigenvalue weighted by atomic mass is 9.86. The third-order valence-corrected chi connectivity index (χ3v) is 3.68. The first kappa shape index (κ1) is 12.9. The molecule has 1 aromatic carbocycles. The summed E-state index contributed by atoms with van der Waals surface area (Å²) in [5.74, 6) is 1.13. The molecular formula is C15H20N2O. The van der Waals surface area contributed by atoms with E-state index in [0.29, 0.717) is 23.8 Å². The fourth-order valence-corrected chi connectivity index (χ4v) is 2.58. The largest absolute Gasteiger partial charge is 0.489 e. The zero-order chi connectivity index (χ0) is 13.0. The van der Waals surface area contributed by atoms with Crippen molar-refractivity contribution in [3.63, 3.8) is 0 Å². The highest BCUT2D eigenvalue weighted by Crippen LogP contribution is 2.29. The molecule has 3 nitrogen and oxygen atoms in total. The van der Waals surface area contributed by atoms with Crippen LogP contribution in [0.1, 0.15) is 36.8 Å². The van der Waals surface area contributed by atoms with Crippen molar-refractivity contribution in [2.24, 2.45) is 11.7 Å². The third-order valence-electron chi connectivity index (χ3n) is 3.68. The maximum absolute atomic E-state index is 9.11. The molecule has 2 unspecified atom stereocenters. The highest BCUT2D eigenvalue weighted by atomic mass is 16.5. The molecule has 0 heterocycles. The Morgan fingerprint density at radius 3 is 2.89 bits per heavy atom. The van der Waals surface area contributed by atoms with Gasteiger partial charge in [0.15, 0.2) is 0 Å². The average molecular weight is 244 g/mol. The van der Waals surface area contributed by atoms with Crippen molar-refractivity contribution in [3.8, 4) is 11.8 Å². The van der Waals surface area contributed by atoms with Crippen molar-refractivity contribution >= 4 is 0 Å². The Morgan fingerprint density at radius 2 is 2.17 bits per heavy atom.